The number of carbonyl (C=O) groups is 1. The van der Waals surface area contributed by atoms with Gasteiger partial charge in [0.2, 0.25) is 0 Å². The Bertz CT molecular complexity index is 294. The lowest BCUT2D eigenvalue weighted by atomic mass is 10.0. The van der Waals surface area contributed by atoms with Crippen LogP contribution in [0.3, 0.4) is 0 Å². The SMILES string of the molecule is CCCCCCCCC=C(CCCCCCCCCC)C(=O)O. The number of hydrogen-bond acceptors (Lipinski definition) is 1. The molecule has 0 radical (unpaired) electrons. The Morgan fingerprint density at radius 2 is 1.13 bits per heavy atom. The molecular weight excluding hydrogens is 284 g/mol. The summed E-state index contributed by atoms with van der Waals surface area (Å²) in [6.45, 7) is 4.47. The van der Waals surface area contributed by atoms with E-state index in [-0.39, 0.29) is 0 Å². The van der Waals surface area contributed by atoms with Crippen molar-refractivity contribution in [3.05, 3.63) is 11.6 Å². The van der Waals surface area contributed by atoms with Crippen LogP contribution in [-0.4, -0.2) is 11.1 Å². The van der Waals surface area contributed by atoms with E-state index in [1.807, 2.05) is 6.08 Å². The van der Waals surface area contributed by atoms with Gasteiger partial charge in [0.25, 0.3) is 0 Å². The lowest BCUT2D eigenvalue weighted by Crippen LogP contribution is -2.00. The molecule has 136 valence electrons. The van der Waals surface area contributed by atoms with Gasteiger partial charge in [0, 0.05) is 5.57 Å². The second-order valence-electron chi connectivity index (χ2n) is 6.82. The van der Waals surface area contributed by atoms with Gasteiger partial charge in [0.05, 0.1) is 0 Å². The van der Waals surface area contributed by atoms with Crippen LogP contribution in [0, 0.1) is 0 Å². The molecular formula is C21H40O2. The second-order valence-corrected chi connectivity index (χ2v) is 6.82. The van der Waals surface area contributed by atoms with Crippen molar-refractivity contribution in [3.63, 3.8) is 0 Å². The molecule has 1 N–H and O–H groups in total. The van der Waals surface area contributed by atoms with Gasteiger partial charge in [-0.15, -0.1) is 0 Å². The molecule has 0 rings (SSSR count). The summed E-state index contributed by atoms with van der Waals surface area (Å²) in [6, 6.07) is 0. The van der Waals surface area contributed by atoms with Gasteiger partial charge in [-0.3, -0.25) is 0 Å². The third-order valence-corrected chi connectivity index (χ3v) is 4.52. The van der Waals surface area contributed by atoms with Crippen LogP contribution in [0.15, 0.2) is 11.6 Å². The van der Waals surface area contributed by atoms with E-state index in [0.29, 0.717) is 5.57 Å². The highest BCUT2D eigenvalue weighted by Crippen LogP contribution is 2.15. The molecule has 0 amide bonds. The first-order valence-electron chi connectivity index (χ1n) is 10.1. The topological polar surface area (TPSA) is 37.3 Å². The average Bonchev–Trinajstić information content (AvgIpc) is 2.54. The van der Waals surface area contributed by atoms with E-state index in [4.69, 9.17) is 0 Å². The van der Waals surface area contributed by atoms with Crippen LogP contribution in [-0.2, 0) is 4.79 Å². The van der Waals surface area contributed by atoms with E-state index in [1.165, 1.54) is 77.0 Å². The number of allylic oxidation sites excluding steroid dienone is 1. The summed E-state index contributed by atoms with van der Waals surface area (Å²) >= 11 is 0. The van der Waals surface area contributed by atoms with E-state index in [2.05, 4.69) is 13.8 Å². The van der Waals surface area contributed by atoms with E-state index < -0.39 is 5.97 Å². The fourth-order valence-electron chi connectivity index (χ4n) is 2.95. The fourth-order valence-corrected chi connectivity index (χ4v) is 2.95. The molecule has 0 aliphatic carbocycles. The maximum absolute atomic E-state index is 11.3. The Kier molecular flexibility index (Phi) is 17.0. The predicted molar refractivity (Wildman–Crippen MR) is 101 cm³/mol. The van der Waals surface area contributed by atoms with Crippen LogP contribution in [0.25, 0.3) is 0 Å². The fraction of sp³-hybridized carbons (Fsp3) is 0.857. The summed E-state index contributed by atoms with van der Waals surface area (Å²) in [5.41, 5.74) is 0.643. The van der Waals surface area contributed by atoms with Gasteiger partial charge in [-0.05, 0) is 25.7 Å². The molecule has 0 saturated heterocycles. The summed E-state index contributed by atoms with van der Waals surface area (Å²) in [6.07, 6.45) is 21.4. The van der Waals surface area contributed by atoms with Gasteiger partial charge < -0.3 is 5.11 Å². The molecule has 0 fully saturated rings. The minimum Gasteiger partial charge on any atom is -0.478 e. The van der Waals surface area contributed by atoms with Crippen molar-refractivity contribution in [2.45, 2.75) is 117 Å². The first kappa shape index (κ1) is 22.2. The molecule has 0 unspecified atom stereocenters. The highest BCUT2D eigenvalue weighted by Gasteiger charge is 2.06. The zero-order valence-corrected chi connectivity index (χ0v) is 15.7. The van der Waals surface area contributed by atoms with Crippen LogP contribution in [0.1, 0.15) is 117 Å². The average molecular weight is 325 g/mol. The molecule has 0 bridgehead atoms. The maximum atomic E-state index is 11.3. The Labute approximate surface area is 144 Å². The Balaban J connectivity index is 3.65. The van der Waals surface area contributed by atoms with Crippen molar-refractivity contribution >= 4 is 5.97 Å². The first-order valence-corrected chi connectivity index (χ1v) is 10.1. The smallest absolute Gasteiger partial charge is 0.331 e. The number of aliphatic carboxylic acids is 1. The quantitative estimate of drug-likeness (QED) is 0.225. The number of carboxylic acid groups (broad SMARTS) is 1. The second kappa shape index (κ2) is 17.6. The van der Waals surface area contributed by atoms with E-state index in [9.17, 15) is 9.90 Å². The van der Waals surface area contributed by atoms with Gasteiger partial charge in [0.1, 0.15) is 0 Å². The number of carboxylic acids is 1. The molecule has 0 heterocycles. The minimum absolute atomic E-state index is 0.643. The van der Waals surface area contributed by atoms with Gasteiger partial charge in [-0.2, -0.15) is 0 Å². The molecule has 0 aliphatic heterocycles. The van der Waals surface area contributed by atoms with Crippen molar-refractivity contribution in [2.75, 3.05) is 0 Å². The standard InChI is InChI=1S/C21H40O2/c1-3-5-7-9-11-13-15-17-19-20(21(22)23)18-16-14-12-10-8-6-4-2/h18H,3-17,19H2,1-2H3,(H,22,23). The lowest BCUT2D eigenvalue weighted by Gasteiger charge is -2.04. The van der Waals surface area contributed by atoms with Crippen LogP contribution >= 0.6 is 0 Å². The molecule has 2 nitrogen and oxygen atoms in total. The third-order valence-electron chi connectivity index (χ3n) is 4.52. The normalized spacial score (nSPS) is 11.8. The monoisotopic (exact) mass is 324 g/mol. The van der Waals surface area contributed by atoms with Crippen LogP contribution in [0.2, 0.25) is 0 Å². The van der Waals surface area contributed by atoms with Crippen molar-refractivity contribution < 1.29 is 9.90 Å². The van der Waals surface area contributed by atoms with Crippen LogP contribution in [0.5, 0.6) is 0 Å². The Morgan fingerprint density at radius 3 is 1.61 bits per heavy atom. The van der Waals surface area contributed by atoms with E-state index in [1.54, 1.807) is 0 Å². The Hall–Kier alpha value is -0.790. The zero-order chi connectivity index (χ0) is 17.2. The zero-order valence-electron chi connectivity index (χ0n) is 15.7. The van der Waals surface area contributed by atoms with Gasteiger partial charge in [0.15, 0.2) is 0 Å². The van der Waals surface area contributed by atoms with Gasteiger partial charge >= 0.3 is 5.97 Å². The highest BCUT2D eigenvalue weighted by atomic mass is 16.4. The number of rotatable bonds is 17. The highest BCUT2D eigenvalue weighted by molar-refractivity contribution is 5.86. The number of hydrogen-bond donors (Lipinski definition) is 1. The van der Waals surface area contributed by atoms with Gasteiger partial charge in [-0.1, -0.05) is 97.0 Å². The minimum atomic E-state index is -0.709. The molecule has 0 atom stereocenters. The van der Waals surface area contributed by atoms with E-state index in [0.717, 1.165) is 25.7 Å². The summed E-state index contributed by atoms with van der Waals surface area (Å²) in [5.74, 6) is -0.709. The molecule has 0 aromatic rings. The molecule has 0 aliphatic rings. The van der Waals surface area contributed by atoms with Crippen LogP contribution in [0.4, 0.5) is 0 Å². The largest absolute Gasteiger partial charge is 0.478 e. The molecule has 0 saturated carbocycles. The molecule has 0 aromatic carbocycles. The molecule has 23 heavy (non-hydrogen) atoms. The molecule has 2 heteroatoms. The summed E-state index contributed by atoms with van der Waals surface area (Å²) < 4.78 is 0. The predicted octanol–water partition coefficient (Wildman–Crippen LogP) is 7.28. The molecule has 0 spiro atoms. The summed E-state index contributed by atoms with van der Waals surface area (Å²) in [5, 5.41) is 9.28. The van der Waals surface area contributed by atoms with Crippen molar-refractivity contribution in [1.82, 2.24) is 0 Å². The van der Waals surface area contributed by atoms with Crippen LogP contribution < -0.4 is 0 Å². The summed E-state index contributed by atoms with van der Waals surface area (Å²) in [4.78, 5) is 11.3. The van der Waals surface area contributed by atoms with Crippen molar-refractivity contribution in [3.8, 4) is 0 Å². The van der Waals surface area contributed by atoms with Crippen molar-refractivity contribution in [2.24, 2.45) is 0 Å². The Morgan fingerprint density at radius 1 is 0.696 bits per heavy atom. The third kappa shape index (κ3) is 15.9. The van der Waals surface area contributed by atoms with Gasteiger partial charge in [-0.25, -0.2) is 4.79 Å². The lowest BCUT2D eigenvalue weighted by molar-refractivity contribution is -0.132. The first-order chi connectivity index (χ1) is 11.2. The number of unbranched alkanes of at least 4 members (excludes halogenated alkanes) is 13. The molecule has 0 aromatic heterocycles. The van der Waals surface area contributed by atoms with Crippen molar-refractivity contribution in [1.29, 1.82) is 0 Å². The maximum Gasteiger partial charge on any atom is 0.331 e. The van der Waals surface area contributed by atoms with E-state index >= 15 is 0 Å². The summed E-state index contributed by atoms with van der Waals surface area (Å²) in [7, 11) is 0.